The average Bonchev–Trinajstić information content (AvgIpc) is 2.91. The summed E-state index contributed by atoms with van der Waals surface area (Å²) in [4.78, 5) is 4.87. The van der Waals surface area contributed by atoms with Crippen LogP contribution in [0, 0.1) is 0 Å². The van der Waals surface area contributed by atoms with E-state index in [0.717, 1.165) is 67.7 Å². The van der Waals surface area contributed by atoms with Gasteiger partial charge in [-0.15, -0.1) is 0 Å². The number of hydrogen-bond acceptors (Lipinski definition) is 4. The van der Waals surface area contributed by atoms with E-state index in [4.69, 9.17) is 20.2 Å². The van der Waals surface area contributed by atoms with Crippen molar-refractivity contribution in [2.24, 2.45) is 5.73 Å². The fraction of sp³-hybridized carbons (Fsp3) is 0.611. The third kappa shape index (κ3) is 3.61. The summed E-state index contributed by atoms with van der Waals surface area (Å²) < 4.78 is 13.8. The highest BCUT2D eigenvalue weighted by atomic mass is 16.6. The van der Waals surface area contributed by atoms with E-state index in [1.54, 1.807) is 0 Å². The first-order valence-electron chi connectivity index (χ1n) is 8.82. The number of fused-ring (bicyclic) bond motifs is 2. The number of aryl methyl sites for hydroxylation is 2. The second-order valence-electron chi connectivity index (χ2n) is 6.12. The second kappa shape index (κ2) is 7.68. The van der Waals surface area contributed by atoms with Gasteiger partial charge in [0, 0.05) is 25.1 Å². The smallest absolute Gasteiger partial charge is 0.163 e. The van der Waals surface area contributed by atoms with Gasteiger partial charge in [0.1, 0.15) is 19.0 Å². The summed E-state index contributed by atoms with van der Waals surface area (Å²) in [7, 11) is 0. The molecule has 0 bridgehead atoms. The molecule has 5 nitrogen and oxygen atoms in total. The summed E-state index contributed by atoms with van der Waals surface area (Å²) in [5, 5.41) is 0. The molecular weight excluding hydrogens is 290 g/mol. The molecule has 1 aliphatic heterocycles. The van der Waals surface area contributed by atoms with Crippen molar-refractivity contribution in [3.8, 4) is 11.5 Å². The fourth-order valence-electron chi connectivity index (χ4n) is 3.07. The zero-order valence-corrected chi connectivity index (χ0v) is 14.0. The van der Waals surface area contributed by atoms with Gasteiger partial charge in [0.2, 0.25) is 0 Å². The summed E-state index contributed by atoms with van der Waals surface area (Å²) >= 11 is 0. The van der Waals surface area contributed by atoms with Crippen molar-refractivity contribution in [2.75, 3.05) is 19.8 Å². The van der Waals surface area contributed by atoms with E-state index >= 15 is 0 Å². The highest BCUT2D eigenvalue weighted by Crippen LogP contribution is 2.35. The van der Waals surface area contributed by atoms with Gasteiger partial charge < -0.3 is 19.8 Å². The Morgan fingerprint density at radius 3 is 2.61 bits per heavy atom. The minimum Gasteiger partial charge on any atom is -0.486 e. The maximum Gasteiger partial charge on any atom is 0.163 e. The molecule has 3 rings (SSSR count). The van der Waals surface area contributed by atoms with Crippen molar-refractivity contribution in [3.05, 3.63) is 18.0 Å². The molecule has 0 spiro atoms. The van der Waals surface area contributed by atoms with E-state index in [1.165, 1.54) is 12.2 Å². The highest BCUT2D eigenvalue weighted by Gasteiger charge is 2.17. The Balaban J connectivity index is 1.90. The lowest BCUT2D eigenvalue weighted by molar-refractivity contribution is 0.172. The van der Waals surface area contributed by atoms with Crippen molar-refractivity contribution in [2.45, 2.75) is 52.0 Å². The van der Waals surface area contributed by atoms with Crippen LogP contribution in [0.5, 0.6) is 11.5 Å². The molecule has 126 valence electrons. The average molecular weight is 317 g/mol. The van der Waals surface area contributed by atoms with Crippen molar-refractivity contribution >= 4 is 11.0 Å². The van der Waals surface area contributed by atoms with Crippen LogP contribution in [0.1, 0.15) is 44.9 Å². The van der Waals surface area contributed by atoms with Gasteiger partial charge in [-0.1, -0.05) is 19.8 Å². The van der Waals surface area contributed by atoms with E-state index in [2.05, 4.69) is 17.6 Å². The first-order chi connectivity index (χ1) is 11.3. The topological polar surface area (TPSA) is 62.3 Å². The number of nitrogens with zero attached hydrogens (tertiary/aromatic N) is 2. The highest BCUT2D eigenvalue weighted by molar-refractivity contribution is 5.80. The van der Waals surface area contributed by atoms with Gasteiger partial charge in [-0.25, -0.2) is 4.98 Å². The molecular formula is C18H27N3O2. The molecule has 0 atom stereocenters. The van der Waals surface area contributed by atoms with E-state index in [-0.39, 0.29) is 0 Å². The van der Waals surface area contributed by atoms with Crippen LogP contribution in [0.25, 0.3) is 11.0 Å². The van der Waals surface area contributed by atoms with E-state index < -0.39 is 0 Å². The summed E-state index contributed by atoms with van der Waals surface area (Å²) in [6.07, 6.45) is 6.73. The lowest BCUT2D eigenvalue weighted by atomic mass is 10.2. The molecule has 0 aliphatic carbocycles. The predicted molar refractivity (Wildman–Crippen MR) is 92.2 cm³/mol. The summed E-state index contributed by atoms with van der Waals surface area (Å²) in [6, 6.07) is 4.12. The number of ether oxygens (including phenoxy) is 2. The Bertz CT molecular complexity index is 651. The fourth-order valence-corrected chi connectivity index (χ4v) is 3.07. The van der Waals surface area contributed by atoms with Gasteiger partial charge in [0.15, 0.2) is 11.5 Å². The van der Waals surface area contributed by atoms with Crippen molar-refractivity contribution in [1.82, 2.24) is 9.55 Å². The Morgan fingerprint density at radius 2 is 1.87 bits per heavy atom. The third-order valence-corrected chi connectivity index (χ3v) is 4.33. The number of nitrogens with two attached hydrogens (primary N) is 1. The SMILES string of the molecule is CCCCn1c(CCCCCN)nc2cc3c(cc21)OCCO3. The van der Waals surface area contributed by atoms with Crippen LogP contribution in [-0.4, -0.2) is 29.3 Å². The summed E-state index contributed by atoms with van der Waals surface area (Å²) in [5.74, 6) is 2.84. The first-order valence-corrected chi connectivity index (χ1v) is 8.82. The van der Waals surface area contributed by atoms with E-state index in [9.17, 15) is 0 Å². The van der Waals surface area contributed by atoms with Gasteiger partial charge in [-0.05, 0) is 25.8 Å². The maximum absolute atomic E-state index is 5.73. The maximum atomic E-state index is 5.73. The quantitative estimate of drug-likeness (QED) is 0.759. The number of aromatic nitrogens is 2. The molecule has 1 aliphatic rings. The van der Waals surface area contributed by atoms with Gasteiger partial charge in [0.05, 0.1) is 11.0 Å². The zero-order valence-electron chi connectivity index (χ0n) is 14.0. The number of unbranched alkanes of at least 4 members (excludes halogenated alkanes) is 3. The molecule has 0 saturated carbocycles. The monoisotopic (exact) mass is 317 g/mol. The molecule has 2 N–H and O–H groups in total. The molecule has 1 aromatic carbocycles. The lowest BCUT2D eigenvalue weighted by Gasteiger charge is -2.18. The van der Waals surface area contributed by atoms with E-state index in [1.807, 2.05) is 6.07 Å². The zero-order chi connectivity index (χ0) is 16.1. The second-order valence-corrected chi connectivity index (χ2v) is 6.12. The Kier molecular flexibility index (Phi) is 5.39. The molecule has 5 heteroatoms. The number of imidazole rings is 1. The molecule has 0 amide bonds. The van der Waals surface area contributed by atoms with Crippen LogP contribution in [0.15, 0.2) is 12.1 Å². The van der Waals surface area contributed by atoms with Crippen LogP contribution in [0.2, 0.25) is 0 Å². The molecule has 0 unspecified atom stereocenters. The number of hydrogen-bond donors (Lipinski definition) is 1. The van der Waals surface area contributed by atoms with Gasteiger partial charge in [-0.2, -0.15) is 0 Å². The lowest BCUT2D eigenvalue weighted by Crippen LogP contribution is -2.15. The Morgan fingerprint density at radius 1 is 1.09 bits per heavy atom. The predicted octanol–water partition coefficient (Wildman–Crippen LogP) is 3.28. The minimum absolute atomic E-state index is 0.612. The van der Waals surface area contributed by atoms with Crippen LogP contribution in [-0.2, 0) is 13.0 Å². The van der Waals surface area contributed by atoms with Gasteiger partial charge in [-0.3, -0.25) is 0 Å². The molecule has 0 saturated heterocycles. The standard InChI is InChI=1S/C18H27N3O2/c1-2-3-9-21-15-13-17-16(22-10-11-23-17)12-14(15)20-18(21)7-5-4-6-8-19/h12-13H,2-11,19H2,1H3. The van der Waals surface area contributed by atoms with Crippen LogP contribution in [0.4, 0.5) is 0 Å². The summed E-state index contributed by atoms with van der Waals surface area (Å²) in [6.45, 7) is 5.24. The normalized spacial score (nSPS) is 13.7. The van der Waals surface area contributed by atoms with Crippen LogP contribution in [0.3, 0.4) is 0 Å². The molecule has 0 fully saturated rings. The largest absolute Gasteiger partial charge is 0.486 e. The molecule has 23 heavy (non-hydrogen) atoms. The van der Waals surface area contributed by atoms with Crippen molar-refractivity contribution < 1.29 is 9.47 Å². The van der Waals surface area contributed by atoms with Crippen LogP contribution < -0.4 is 15.2 Å². The van der Waals surface area contributed by atoms with Crippen molar-refractivity contribution in [3.63, 3.8) is 0 Å². The third-order valence-electron chi connectivity index (χ3n) is 4.33. The Hall–Kier alpha value is -1.75. The van der Waals surface area contributed by atoms with Gasteiger partial charge in [0.25, 0.3) is 0 Å². The molecule has 2 aromatic rings. The first kappa shape index (κ1) is 16.1. The van der Waals surface area contributed by atoms with Crippen molar-refractivity contribution in [1.29, 1.82) is 0 Å². The number of rotatable bonds is 8. The van der Waals surface area contributed by atoms with Gasteiger partial charge >= 0.3 is 0 Å². The molecule has 0 radical (unpaired) electrons. The Labute approximate surface area is 137 Å². The number of benzene rings is 1. The van der Waals surface area contributed by atoms with E-state index in [0.29, 0.717) is 13.2 Å². The van der Waals surface area contributed by atoms with Crippen LogP contribution >= 0.6 is 0 Å². The molecule has 2 heterocycles. The molecule has 1 aromatic heterocycles. The summed E-state index contributed by atoms with van der Waals surface area (Å²) in [5.41, 5.74) is 7.76. The minimum atomic E-state index is 0.612.